The third-order valence-corrected chi connectivity index (χ3v) is 6.87. The largest absolute Gasteiger partial charge is 0.367 e. The number of tetrazole rings is 1. The van der Waals surface area contributed by atoms with E-state index in [2.05, 4.69) is 36.8 Å². The molecule has 0 amide bonds. The second-order valence-electron chi connectivity index (χ2n) is 8.24. The summed E-state index contributed by atoms with van der Waals surface area (Å²) in [5.41, 5.74) is 2.57. The van der Waals surface area contributed by atoms with Crippen LogP contribution in [0, 0.1) is 6.92 Å². The molecule has 0 radical (unpaired) electrons. The van der Waals surface area contributed by atoms with Crippen LogP contribution in [0.1, 0.15) is 37.2 Å². The average Bonchev–Trinajstić information content (AvgIpc) is 3.52. The number of para-hydroxylation sites is 1. The third kappa shape index (κ3) is 3.37. The summed E-state index contributed by atoms with van der Waals surface area (Å²) < 4.78 is 6.35. The van der Waals surface area contributed by atoms with Gasteiger partial charge >= 0.3 is 0 Å². The van der Waals surface area contributed by atoms with Gasteiger partial charge in [-0.15, -0.1) is 5.10 Å². The Kier molecular flexibility index (Phi) is 5.21. The molecule has 2 heterocycles. The number of halogens is 1. The van der Waals surface area contributed by atoms with Crippen LogP contribution < -0.4 is 10.9 Å². The smallest absolute Gasteiger partial charge is 0.295 e. The van der Waals surface area contributed by atoms with Gasteiger partial charge < -0.3 is 5.32 Å². The van der Waals surface area contributed by atoms with E-state index in [1.807, 2.05) is 73.3 Å². The number of hydrogen-bond donors (Lipinski definition) is 1. The molecule has 0 bridgehead atoms. The molecule has 164 valence electrons. The number of hydrogen-bond acceptors (Lipinski definition) is 5. The van der Waals surface area contributed by atoms with Gasteiger partial charge in [-0.1, -0.05) is 47.0 Å². The van der Waals surface area contributed by atoms with Crippen LogP contribution in [0.4, 0.5) is 5.69 Å². The van der Waals surface area contributed by atoms with Gasteiger partial charge in [0.1, 0.15) is 5.69 Å². The molecular formula is C23H24BrN7O. The van der Waals surface area contributed by atoms with Gasteiger partial charge in [0.05, 0.1) is 22.6 Å². The Morgan fingerprint density at radius 3 is 2.38 bits per heavy atom. The molecule has 5 rings (SSSR count). The number of nitrogens with zero attached hydrogens (tertiary/aromatic N) is 6. The Morgan fingerprint density at radius 1 is 1.00 bits per heavy atom. The van der Waals surface area contributed by atoms with Crippen LogP contribution in [0.3, 0.4) is 0 Å². The maximum absolute atomic E-state index is 13.5. The summed E-state index contributed by atoms with van der Waals surface area (Å²) in [6, 6.07) is 17.6. The predicted molar refractivity (Wildman–Crippen MR) is 126 cm³/mol. The highest BCUT2D eigenvalue weighted by atomic mass is 79.9. The molecule has 0 atom stereocenters. The van der Waals surface area contributed by atoms with Crippen molar-refractivity contribution in [3.8, 4) is 11.4 Å². The Morgan fingerprint density at radius 2 is 1.69 bits per heavy atom. The quantitative estimate of drug-likeness (QED) is 0.452. The number of nitrogens with one attached hydrogen (secondary N) is 1. The standard InChI is InChI=1S/C23H24BrN7O/c1-16-20(21(32)31(29(16)2)19-8-4-3-5-9-19)25-23(14-6-7-15-23)22-26-27-28-30(22)18-12-10-17(24)11-13-18/h3-5,8-13,25H,6-7,14-15H2,1-2H3. The summed E-state index contributed by atoms with van der Waals surface area (Å²) in [6.45, 7) is 1.96. The molecule has 1 N–H and O–H groups in total. The van der Waals surface area contributed by atoms with Crippen molar-refractivity contribution in [2.24, 2.45) is 7.05 Å². The van der Waals surface area contributed by atoms with E-state index in [9.17, 15) is 4.79 Å². The summed E-state index contributed by atoms with van der Waals surface area (Å²) >= 11 is 3.48. The van der Waals surface area contributed by atoms with Gasteiger partial charge in [-0.2, -0.15) is 4.68 Å². The SMILES string of the molecule is Cc1c(NC2(c3nnnn3-c3ccc(Br)cc3)CCCC2)c(=O)n(-c2ccccc2)n1C. The summed E-state index contributed by atoms with van der Waals surface area (Å²) in [5.74, 6) is 0.728. The second kappa shape index (κ2) is 8.05. The van der Waals surface area contributed by atoms with Crippen molar-refractivity contribution in [2.75, 3.05) is 5.32 Å². The van der Waals surface area contributed by atoms with Crippen LogP contribution in [-0.4, -0.2) is 29.6 Å². The first-order valence-corrected chi connectivity index (χ1v) is 11.5. The van der Waals surface area contributed by atoms with Crippen LogP contribution in [0.25, 0.3) is 11.4 Å². The molecule has 4 aromatic rings. The Bertz CT molecular complexity index is 1300. The second-order valence-corrected chi connectivity index (χ2v) is 9.16. The molecule has 1 saturated carbocycles. The Balaban J connectivity index is 1.60. The van der Waals surface area contributed by atoms with E-state index >= 15 is 0 Å². The fourth-order valence-corrected chi connectivity index (χ4v) is 4.84. The third-order valence-electron chi connectivity index (χ3n) is 6.34. The van der Waals surface area contributed by atoms with Crippen LogP contribution in [-0.2, 0) is 12.6 Å². The molecular weight excluding hydrogens is 470 g/mol. The lowest BCUT2D eigenvalue weighted by Crippen LogP contribution is -2.37. The van der Waals surface area contributed by atoms with E-state index in [0.29, 0.717) is 5.69 Å². The summed E-state index contributed by atoms with van der Waals surface area (Å²) in [4.78, 5) is 13.5. The van der Waals surface area contributed by atoms with E-state index in [4.69, 9.17) is 0 Å². The Labute approximate surface area is 194 Å². The van der Waals surface area contributed by atoms with Crippen LogP contribution >= 0.6 is 15.9 Å². The molecule has 2 aromatic carbocycles. The molecule has 1 aliphatic rings. The minimum absolute atomic E-state index is 0.0786. The van der Waals surface area contributed by atoms with Crippen molar-refractivity contribution in [2.45, 2.75) is 38.1 Å². The highest BCUT2D eigenvalue weighted by molar-refractivity contribution is 9.10. The van der Waals surface area contributed by atoms with Gasteiger partial charge in [-0.25, -0.2) is 4.68 Å². The van der Waals surface area contributed by atoms with Gasteiger partial charge in [-0.05, 0) is 66.6 Å². The van der Waals surface area contributed by atoms with Crippen LogP contribution in [0.2, 0.25) is 0 Å². The van der Waals surface area contributed by atoms with Gasteiger partial charge in [0.15, 0.2) is 5.82 Å². The molecule has 9 heteroatoms. The van der Waals surface area contributed by atoms with Gasteiger partial charge in [0, 0.05) is 11.5 Å². The van der Waals surface area contributed by atoms with Gasteiger partial charge in [0.25, 0.3) is 5.56 Å². The molecule has 0 unspecified atom stereocenters. The van der Waals surface area contributed by atoms with Crippen molar-refractivity contribution in [1.29, 1.82) is 0 Å². The van der Waals surface area contributed by atoms with E-state index in [1.54, 1.807) is 9.36 Å². The van der Waals surface area contributed by atoms with Gasteiger partial charge in [-0.3, -0.25) is 9.48 Å². The lowest BCUT2D eigenvalue weighted by atomic mass is 9.95. The molecule has 1 aliphatic carbocycles. The molecule has 1 fully saturated rings. The first-order chi connectivity index (χ1) is 15.5. The normalized spacial score (nSPS) is 15.2. The summed E-state index contributed by atoms with van der Waals surface area (Å²) in [5, 5.41) is 16.3. The van der Waals surface area contributed by atoms with Crippen molar-refractivity contribution in [3.63, 3.8) is 0 Å². The molecule has 0 spiro atoms. The Hall–Kier alpha value is -3.20. The molecule has 0 aliphatic heterocycles. The average molecular weight is 494 g/mol. The molecule has 0 saturated heterocycles. The van der Waals surface area contributed by atoms with Crippen LogP contribution in [0.15, 0.2) is 63.9 Å². The van der Waals surface area contributed by atoms with Crippen LogP contribution in [0.5, 0.6) is 0 Å². The van der Waals surface area contributed by atoms with Crippen molar-refractivity contribution in [1.82, 2.24) is 29.6 Å². The van der Waals surface area contributed by atoms with Crippen molar-refractivity contribution >= 4 is 21.6 Å². The minimum Gasteiger partial charge on any atom is -0.367 e. The minimum atomic E-state index is -0.517. The zero-order valence-electron chi connectivity index (χ0n) is 18.0. The summed E-state index contributed by atoms with van der Waals surface area (Å²) in [7, 11) is 1.90. The maximum atomic E-state index is 13.5. The number of rotatable bonds is 5. The lowest BCUT2D eigenvalue weighted by molar-refractivity contribution is 0.460. The van der Waals surface area contributed by atoms with E-state index in [-0.39, 0.29) is 5.56 Å². The lowest BCUT2D eigenvalue weighted by Gasteiger charge is -2.29. The molecule has 32 heavy (non-hydrogen) atoms. The number of aromatic nitrogens is 6. The highest BCUT2D eigenvalue weighted by Gasteiger charge is 2.42. The van der Waals surface area contributed by atoms with Gasteiger partial charge in [0.2, 0.25) is 0 Å². The predicted octanol–water partition coefficient (Wildman–Crippen LogP) is 4.10. The first kappa shape index (κ1) is 20.7. The van der Waals surface area contributed by atoms with E-state index in [0.717, 1.165) is 53.0 Å². The van der Waals surface area contributed by atoms with Crippen molar-refractivity contribution in [3.05, 3.63) is 80.9 Å². The number of anilines is 1. The monoisotopic (exact) mass is 493 g/mol. The topological polar surface area (TPSA) is 82.6 Å². The fourth-order valence-electron chi connectivity index (χ4n) is 4.58. The zero-order valence-corrected chi connectivity index (χ0v) is 19.6. The zero-order chi connectivity index (χ0) is 22.3. The highest BCUT2D eigenvalue weighted by Crippen LogP contribution is 2.41. The van der Waals surface area contributed by atoms with E-state index < -0.39 is 5.54 Å². The molecule has 8 nitrogen and oxygen atoms in total. The van der Waals surface area contributed by atoms with Crippen molar-refractivity contribution < 1.29 is 0 Å². The van der Waals surface area contributed by atoms with E-state index in [1.165, 1.54) is 0 Å². The number of benzene rings is 2. The summed E-state index contributed by atoms with van der Waals surface area (Å²) in [6.07, 6.45) is 3.78. The maximum Gasteiger partial charge on any atom is 0.295 e. The fraction of sp³-hybridized carbons (Fsp3) is 0.304. The molecule has 2 aromatic heterocycles. The first-order valence-electron chi connectivity index (χ1n) is 10.7.